The van der Waals surface area contributed by atoms with Gasteiger partial charge in [0.05, 0.1) is 4.90 Å². The summed E-state index contributed by atoms with van der Waals surface area (Å²) < 4.78 is 27.5. The molecule has 7 heteroatoms. The zero-order valence-electron chi connectivity index (χ0n) is 18.0. The van der Waals surface area contributed by atoms with Crippen LogP contribution in [-0.2, 0) is 14.8 Å². The second-order valence-electron chi connectivity index (χ2n) is 8.00. The van der Waals surface area contributed by atoms with Crippen molar-refractivity contribution >= 4 is 21.6 Å². The summed E-state index contributed by atoms with van der Waals surface area (Å²) in [6.07, 6.45) is 1.09. The topological polar surface area (TPSA) is 69.7 Å². The molecule has 2 aromatic carbocycles. The van der Waals surface area contributed by atoms with Gasteiger partial charge in [0, 0.05) is 44.8 Å². The monoisotopic (exact) mass is 429 g/mol. The van der Waals surface area contributed by atoms with Crippen LogP contribution in [-0.4, -0.2) is 51.9 Å². The Balaban J connectivity index is 1.49. The third kappa shape index (κ3) is 5.21. The molecule has 2 aromatic rings. The van der Waals surface area contributed by atoms with Crippen LogP contribution in [0.25, 0.3) is 0 Å². The van der Waals surface area contributed by atoms with Crippen LogP contribution in [0.1, 0.15) is 24.0 Å². The van der Waals surface area contributed by atoms with Gasteiger partial charge in [-0.25, -0.2) is 8.42 Å². The lowest BCUT2D eigenvalue weighted by Crippen LogP contribution is -2.44. The number of amides is 1. The molecule has 1 saturated heterocycles. The Labute approximate surface area is 179 Å². The number of carbonyl (C=O) groups is 1. The molecule has 1 aliphatic heterocycles. The van der Waals surface area contributed by atoms with Gasteiger partial charge in [-0.1, -0.05) is 35.9 Å². The van der Waals surface area contributed by atoms with E-state index in [-0.39, 0.29) is 11.8 Å². The third-order valence-electron chi connectivity index (χ3n) is 5.72. The Bertz CT molecular complexity index is 968. The maximum absolute atomic E-state index is 13.0. The summed E-state index contributed by atoms with van der Waals surface area (Å²) in [5.41, 5.74) is 2.91. The van der Waals surface area contributed by atoms with Crippen LogP contribution >= 0.6 is 0 Å². The van der Waals surface area contributed by atoms with Crippen LogP contribution in [0.3, 0.4) is 0 Å². The largest absolute Gasteiger partial charge is 0.373 e. The normalized spacial score (nSPS) is 15.7. The highest BCUT2D eigenvalue weighted by Crippen LogP contribution is 2.26. The molecule has 1 heterocycles. The van der Waals surface area contributed by atoms with E-state index in [0.29, 0.717) is 37.4 Å². The average Bonchev–Trinajstić information content (AvgIpc) is 2.74. The summed E-state index contributed by atoms with van der Waals surface area (Å²) in [5.74, 6) is -0.127. The molecular weight excluding hydrogens is 398 g/mol. The molecule has 0 saturated carbocycles. The zero-order valence-corrected chi connectivity index (χ0v) is 18.8. The highest BCUT2D eigenvalue weighted by molar-refractivity contribution is 7.89. The number of para-hydroxylation sites is 1. The molecule has 1 amide bonds. The van der Waals surface area contributed by atoms with Gasteiger partial charge in [0.1, 0.15) is 0 Å². The lowest BCUT2D eigenvalue weighted by atomic mass is 9.97. The number of aryl methyl sites for hydroxylation is 2. The van der Waals surface area contributed by atoms with E-state index in [0.717, 1.165) is 23.4 Å². The van der Waals surface area contributed by atoms with Crippen LogP contribution in [0.15, 0.2) is 53.4 Å². The molecule has 0 radical (unpaired) electrons. The Kier molecular flexibility index (Phi) is 7.15. The number of sulfonamides is 1. The number of carbonyl (C=O) groups excluding carboxylic acids is 1. The molecule has 0 bridgehead atoms. The lowest BCUT2D eigenvalue weighted by molar-refractivity contribution is -0.126. The van der Waals surface area contributed by atoms with E-state index < -0.39 is 10.0 Å². The van der Waals surface area contributed by atoms with Crippen molar-refractivity contribution in [2.75, 3.05) is 38.1 Å². The summed E-state index contributed by atoms with van der Waals surface area (Å²) in [7, 11) is -1.52. The molecule has 0 atom stereocenters. The van der Waals surface area contributed by atoms with Crippen molar-refractivity contribution in [1.82, 2.24) is 9.62 Å². The van der Waals surface area contributed by atoms with Crippen LogP contribution in [0, 0.1) is 19.8 Å². The molecule has 0 spiro atoms. The summed E-state index contributed by atoms with van der Waals surface area (Å²) in [5, 5.41) is 3.01. The van der Waals surface area contributed by atoms with E-state index in [9.17, 15) is 13.2 Å². The maximum atomic E-state index is 13.0. The van der Waals surface area contributed by atoms with Gasteiger partial charge in [0.15, 0.2) is 0 Å². The number of nitrogens with one attached hydrogen (secondary N) is 1. The molecule has 0 aromatic heterocycles. The van der Waals surface area contributed by atoms with Gasteiger partial charge in [-0.2, -0.15) is 4.31 Å². The first-order chi connectivity index (χ1) is 14.3. The number of benzene rings is 2. The van der Waals surface area contributed by atoms with Crippen LogP contribution in [0.4, 0.5) is 5.69 Å². The number of rotatable bonds is 7. The number of hydrogen-bond acceptors (Lipinski definition) is 4. The Morgan fingerprint density at radius 1 is 1.10 bits per heavy atom. The summed E-state index contributed by atoms with van der Waals surface area (Å²) in [6, 6.07) is 15.4. The first-order valence-corrected chi connectivity index (χ1v) is 11.8. The van der Waals surface area contributed by atoms with Gasteiger partial charge in [-0.15, -0.1) is 0 Å². The summed E-state index contributed by atoms with van der Waals surface area (Å²) >= 11 is 0. The second-order valence-corrected chi connectivity index (χ2v) is 9.90. The smallest absolute Gasteiger partial charge is 0.243 e. The second kappa shape index (κ2) is 9.62. The first-order valence-electron chi connectivity index (χ1n) is 10.4. The van der Waals surface area contributed by atoms with Crippen LogP contribution in [0.5, 0.6) is 0 Å². The minimum atomic E-state index is -3.52. The number of nitrogens with zero attached hydrogens (tertiary/aromatic N) is 2. The molecule has 6 nitrogen and oxygen atoms in total. The molecular formula is C23H31N3O3S. The van der Waals surface area contributed by atoms with E-state index in [1.54, 1.807) is 6.07 Å². The molecule has 1 N–H and O–H groups in total. The highest BCUT2D eigenvalue weighted by atomic mass is 32.2. The van der Waals surface area contributed by atoms with Gasteiger partial charge in [0.25, 0.3) is 0 Å². The zero-order chi connectivity index (χ0) is 21.7. The van der Waals surface area contributed by atoms with Gasteiger partial charge < -0.3 is 10.2 Å². The van der Waals surface area contributed by atoms with Crippen molar-refractivity contribution in [3.63, 3.8) is 0 Å². The maximum Gasteiger partial charge on any atom is 0.243 e. The molecule has 0 unspecified atom stereocenters. The molecule has 1 aliphatic rings. The molecule has 1 fully saturated rings. The van der Waals surface area contributed by atoms with Gasteiger partial charge in [0.2, 0.25) is 15.9 Å². The number of hydrogen-bond donors (Lipinski definition) is 1. The van der Waals surface area contributed by atoms with Gasteiger partial charge >= 0.3 is 0 Å². The lowest BCUT2D eigenvalue weighted by Gasteiger charge is -2.31. The van der Waals surface area contributed by atoms with Gasteiger partial charge in [-0.3, -0.25) is 4.79 Å². The predicted octanol–water partition coefficient (Wildman–Crippen LogP) is 2.96. The number of likely N-dealkylation sites (N-methyl/N-ethyl adjacent to an activating group) is 1. The van der Waals surface area contributed by atoms with Crippen molar-refractivity contribution in [1.29, 1.82) is 0 Å². The fraction of sp³-hybridized carbons (Fsp3) is 0.435. The van der Waals surface area contributed by atoms with E-state index in [2.05, 4.69) is 10.2 Å². The fourth-order valence-electron chi connectivity index (χ4n) is 3.89. The van der Waals surface area contributed by atoms with Crippen molar-refractivity contribution < 1.29 is 13.2 Å². The minimum Gasteiger partial charge on any atom is -0.373 e. The number of piperidine rings is 1. The van der Waals surface area contributed by atoms with E-state index in [1.807, 2.05) is 63.4 Å². The highest BCUT2D eigenvalue weighted by Gasteiger charge is 2.32. The molecule has 162 valence electrons. The first kappa shape index (κ1) is 22.3. The Hall–Kier alpha value is -2.38. The van der Waals surface area contributed by atoms with E-state index in [4.69, 9.17) is 0 Å². The fourth-order valence-corrected chi connectivity index (χ4v) is 5.56. The SMILES string of the molecule is Cc1ccc(S(=O)(=O)N2CCC(C(=O)NCCN(C)c3ccccc3)CC2)c(C)c1. The Morgan fingerprint density at radius 3 is 2.40 bits per heavy atom. The van der Waals surface area contributed by atoms with Crippen LogP contribution < -0.4 is 10.2 Å². The van der Waals surface area contributed by atoms with Crippen molar-refractivity contribution in [2.45, 2.75) is 31.6 Å². The standard InChI is InChI=1S/C23H31N3O3S/c1-18-9-10-22(19(2)17-18)30(28,29)26-14-11-20(12-15-26)23(27)24-13-16-25(3)21-7-5-4-6-8-21/h4-10,17,20H,11-16H2,1-3H3,(H,24,27). The van der Waals surface area contributed by atoms with Crippen LogP contribution in [0.2, 0.25) is 0 Å². The van der Waals surface area contributed by atoms with E-state index >= 15 is 0 Å². The molecule has 3 rings (SSSR count). The molecule has 30 heavy (non-hydrogen) atoms. The quantitative estimate of drug-likeness (QED) is 0.735. The Morgan fingerprint density at radius 2 is 1.77 bits per heavy atom. The van der Waals surface area contributed by atoms with Gasteiger partial charge in [-0.05, 0) is 50.5 Å². The third-order valence-corrected chi connectivity index (χ3v) is 7.78. The van der Waals surface area contributed by atoms with Crippen molar-refractivity contribution in [2.24, 2.45) is 5.92 Å². The summed E-state index contributed by atoms with van der Waals surface area (Å²) in [6.45, 7) is 5.80. The van der Waals surface area contributed by atoms with Crippen molar-refractivity contribution in [3.8, 4) is 0 Å². The minimum absolute atomic E-state index is 0.0139. The number of anilines is 1. The average molecular weight is 430 g/mol. The van der Waals surface area contributed by atoms with Crippen molar-refractivity contribution in [3.05, 3.63) is 59.7 Å². The molecule has 0 aliphatic carbocycles. The summed E-state index contributed by atoms with van der Waals surface area (Å²) in [4.78, 5) is 15.0. The predicted molar refractivity (Wildman–Crippen MR) is 120 cm³/mol. The van der Waals surface area contributed by atoms with E-state index in [1.165, 1.54) is 4.31 Å².